The first-order valence-electron chi connectivity index (χ1n) is 7.66. The van der Waals surface area contributed by atoms with Crippen LogP contribution in [-0.4, -0.2) is 34.5 Å². The number of rotatable bonds is 5. The van der Waals surface area contributed by atoms with Crippen molar-refractivity contribution in [1.82, 2.24) is 0 Å². The molecule has 6 atom stereocenters. The summed E-state index contributed by atoms with van der Waals surface area (Å²) >= 11 is 0. The van der Waals surface area contributed by atoms with Gasteiger partial charge in [0.05, 0.1) is 18.6 Å². The molecule has 0 amide bonds. The maximum absolute atomic E-state index is 11.3. The average Bonchev–Trinajstić information content (AvgIpc) is 2.91. The zero-order valence-electron chi connectivity index (χ0n) is 12.7. The Morgan fingerprint density at radius 1 is 1.52 bits per heavy atom. The molecule has 2 fully saturated rings. The highest BCUT2D eigenvalue weighted by Crippen LogP contribution is 2.42. The highest BCUT2D eigenvalue weighted by molar-refractivity contribution is 5.72. The van der Waals surface area contributed by atoms with Gasteiger partial charge >= 0.3 is 5.97 Å². The van der Waals surface area contributed by atoms with E-state index in [0.29, 0.717) is 12.8 Å². The van der Waals surface area contributed by atoms with E-state index >= 15 is 0 Å². The molecule has 4 nitrogen and oxygen atoms in total. The lowest BCUT2D eigenvalue weighted by Crippen LogP contribution is -2.20. The minimum atomic E-state index is -0.548. The molecule has 0 bridgehead atoms. The van der Waals surface area contributed by atoms with Crippen LogP contribution in [0.2, 0.25) is 0 Å². The normalized spacial score (nSPS) is 34.2. The minimum Gasteiger partial charge on any atom is -0.462 e. The molecule has 0 spiro atoms. The highest BCUT2D eigenvalue weighted by atomic mass is 16.6. The third kappa shape index (κ3) is 3.87. The summed E-state index contributed by atoms with van der Waals surface area (Å²) in [5.41, 5.74) is 0. The predicted molar refractivity (Wildman–Crippen MR) is 79.1 cm³/mol. The summed E-state index contributed by atoms with van der Waals surface area (Å²) in [5.74, 6) is 5.74. The maximum Gasteiger partial charge on any atom is 0.306 e. The molecule has 0 radical (unpaired) electrons. The molecular formula is C17H24O4. The standard InChI is InChI=1S/C17H24O4/c1-3-4-5-6-11(2)14(18)8-7-12-13-9-17(20)21-16(13)10-15(12)19/h7-8,11-16,18-19H,5-6,9-10H2,1-2H3/t11-,12+,13+,14+,15+,16-/m0/s1. The third-order valence-corrected chi connectivity index (χ3v) is 4.59. The van der Waals surface area contributed by atoms with Crippen molar-refractivity contribution in [3.63, 3.8) is 0 Å². The number of aliphatic hydroxyl groups excluding tert-OH is 2. The summed E-state index contributed by atoms with van der Waals surface area (Å²) in [6.45, 7) is 3.80. The molecule has 2 N–H and O–H groups in total. The lowest BCUT2D eigenvalue weighted by atomic mass is 9.90. The fourth-order valence-electron chi connectivity index (χ4n) is 3.21. The van der Waals surface area contributed by atoms with Gasteiger partial charge in [0.15, 0.2) is 0 Å². The molecular weight excluding hydrogens is 268 g/mol. The van der Waals surface area contributed by atoms with Crippen molar-refractivity contribution >= 4 is 5.97 Å². The van der Waals surface area contributed by atoms with Crippen LogP contribution in [0.4, 0.5) is 0 Å². The number of esters is 1. The summed E-state index contributed by atoms with van der Waals surface area (Å²) in [4.78, 5) is 11.3. The SMILES string of the molecule is CC#CCC[C@H](C)[C@H](O)C=C[C@@H]1[C@H]2CC(=O)O[C@H]2C[C@H]1O. The molecule has 2 rings (SSSR count). The number of hydrogen-bond donors (Lipinski definition) is 2. The summed E-state index contributed by atoms with van der Waals surface area (Å²) in [7, 11) is 0. The van der Waals surface area contributed by atoms with E-state index in [1.165, 1.54) is 0 Å². The Bertz CT molecular complexity index is 459. The van der Waals surface area contributed by atoms with Crippen LogP contribution >= 0.6 is 0 Å². The molecule has 0 unspecified atom stereocenters. The molecule has 1 saturated heterocycles. The molecule has 0 aromatic rings. The van der Waals surface area contributed by atoms with Gasteiger partial charge in [-0.15, -0.1) is 11.8 Å². The molecule has 0 aromatic carbocycles. The van der Waals surface area contributed by atoms with Gasteiger partial charge in [-0.1, -0.05) is 19.1 Å². The van der Waals surface area contributed by atoms with Crippen molar-refractivity contribution in [3.8, 4) is 11.8 Å². The predicted octanol–water partition coefficient (Wildman–Crippen LogP) is 1.66. The van der Waals surface area contributed by atoms with Crippen LogP contribution in [0.5, 0.6) is 0 Å². The Morgan fingerprint density at radius 3 is 3.00 bits per heavy atom. The molecule has 2 aliphatic rings. The lowest BCUT2D eigenvalue weighted by Gasteiger charge is -2.18. The van der Waals surface area contributed by atoms with E-state index in [4.69, 9.17) is 4.74 Å². The van der Waals surface area contributed by atoms with Crippen molar-refractivity contribution in [2.45, 2.75) is 57.8 Å². The Labute approximate surface area is 126 Å². The summed E-state index contributed by atoms with van der Waals surface area (Å²) in [6, 6.07) is 0. The minimum absolute atomic E-state index is 0.0530. The second-order valence-corrected chi connectivity index (χ2v) is 6.09. The van der Waals surface area contributed by atoms with Crippen molar-refractivity contribution in [1.29, 1.82) is 0 Å². The molecule has 1 aliphatic heterocycles. The number of hydrogen-bond acceptors (Lipinski definition) is 4. The monoisotopic (exact) mass is 292 g/mol. The largest absolute Gasteiger partial charge is 0.462 e. The van der Waals surface area contributed by atoms with Crippen molar-refractivity contribution in [3.05, 3.63) is 12.2 Å². The molecule has 0 aromatic heterocycles. The van der Waals surface area contributed by atoms with Gasteiger partial charge in [-0.05, 0) is 19.3 Å². The van der Waals surface area contributed by atoms with Crippen LogP contribution in [0.15, 0.2) is 12.2 Å². The number of carbonyl (C=O) groups is 1. The first-order chi connectivity index (χ1) is 10.0. The van der Waals surface area contributed by atoms with E-state index in [-0.39, 0.29) is 29.8 Å². The molecule has 1 saturated carbocycles. The quantitative estimate of drug-likeness (QED) is 0.459. The average molecular weight is 292 g/mol. The Morgan fingerprint density at radius 2 is 2.29 bits per heavy atom. The molecule has 21 heavy (non-hydrogen) atoms. The fourth-order valence-corrected chi connectivity index (χ4v) is 3.21. The van der Waals surface area contributed by atoms with E-state index in [1.807, 2.05) is 19.9 Å². The number of carbonyl (C=O) groups excluding carboxylic acids is 1. The second-order valence-electron chi connectivity index (χ2n) is 6.09. The zero-order chi connectivity index (χ0) is 15.4. The Hall–Kier alpha value is -1.31. The van der Waals surface area contributed by atoms with Gasteiger partial charge in [-0.3, -0.25) is 4.79 Å². The highest BCUT2D eigenvalue weighted by Gasteiger charge is 2.48. The molecule has 1 aliphatic carbocycles. The first kappa shape index (κ1) is 16.1. The van der Waals surface area contributed by atoms with Crippen molar-refractivity contribution < 1.29 is 19.7 Å². The van der Waals surface area contributed by atoms with Crippen LogP contribution in [0, 0.1) is 29.6 Å². The number of fused-ring (bicyclic) bond motifs is 1. The topological polar surface area (TPSA) is 66.8 Å². The zero-order valence-corrected chi connectivity index (χ0v) is 12.7. The van der Waals surface area contributed by atoms with E-state index in [9.17, 15) is 15.0 Å². The van der Waals surface area contributed by atoms with Crippen LogP contribution in [0.3, 0.4) is 0 Å². The van der Waals surface area contributed by atoms with E-state index < -0.39 is 12.2 Å². The summed E-state index contributed by atoms with van der Waals surface area (Å²) in [6.07, 6.45) is 4.92. The first-order valence-corrected chi connectivity index (χ1v) is 7.66. The van der Waals surface area contributed by atoms with E-state index in [1.54, 1.807) is 6.08 Å². The number of ether oxygens (including phenoxy) is 1. The van der Waals surface area contributed by atoms with Crippen LogP contribution in [0.1, 0.15) is 39.5 Å². The maximum atomic E-state index is 11.3. The molecule has 116 valence electrons. The van der Waals surface area contributed by atoms with Gasteiger partial charge in [0.2, 0.25) is 0 Å². The summed E-state index contributed by atoms with van der Waals surface area (Å²) in [5, 5.41) is 20.2. The Balaban J connectivity index is 1.89. The van der Waals surface area contributed by atoms with Crippen molar-refractivity contribution in [2.75, 3.05) is 0 Å². The smallest absolute Gasteiger partial charge is 0.306 e. The number of aliphatic hydroxyl groups is 2. The Kier molecular flexibility index (Phi) is 5.44. The van der Waals surface area contributed by atoms with Gasteiger partial charge in [0.1, 0.15) is 6.10 Å². The van der Waals surface area contributed by atoms with Gasteiger partial charge in [0, 0.05) is 24.7 Å². The van der Waals surface area contributed by atoms with Gasteiger partial charge in [-0.2, -0.15) is 0 Å². The molecule has 4 heteroatoms. The lowest BCUT2D eigenvalue weighted by molar-refractivity contribution is -0.141. The third-order valence-electron chi connectivity index (χ3n) is 4.59. The van der Waals surface area contributed by atoms with E-state index in [2.05, 4.69) is 11.8 Å². The second kappa shape index (κ2) is 7.11. The molecule has 1 heterocycles. The summed E-state index contributed by atoms with van der Waals surface area (Å²) < 4.78 is 5.20. The van der Waals surface area contributed by atoms with Crippen LogP contribution in [0.25, 0.3) is 0 Å². The van der Waals surface area contributed by atoms with Crippen molar-refractivity contribution in [2.24, 2.45) is 17.8 Å². The van der Waals surface area contributed by atoms with Gasteiger partial charge < -0.3 is 14.9 Å². The van der Waals surface area contributed by atoms with Crippen LogP contribution in [-0.2, 0) is 9.53 Å². The van der Waals surface area contributed by atoms with Gasteiger partial charge in [-0.25, -0.2) is 0 Å². The van der Waals surface area contributed by atoms with Gasteiger partial charge in [0.25, 0.3) is 0 Å². The van der Waals surface area contributed by atoms with E-state index in [0.717, 1.165) is 12.8 Å². The van der Waals surface area contributed by atoms with Crippen LogP contribution < -0.4 is 0 Å². The fraction of sp³-hybridized carbons (Fsp3) is 0.706.